The second kappa shape index (κ2) is 6.86. The van der Waals surface area contributed by atoms with E-state index in [0.29, 0.717) is 6.34 Å². The third-order valence-corrected chi connectivity index (χ3v) is 19.4. The van der Waals surface area contributed by atoms with Crippen LogP contribution in [0.3, 0.4) is 0 Å². The summed E-state index contributed by atoms with van der Waals surface area (Å²) >= 11 is -1.79. The van der Waals surface area contributed by atoms with Gasteiger partial charge in [0.1, 0.15) is 0 Å². The van der Waals surface area contributed by atoms with Crippen LogP contribution in [-0.4, -0.2) is 25.8 Å². The first-order chi connectivity index (χ1) is 6.72. The third-order valence-electron chi connectivity index (χ3n) is 1.95. The summed E-state index contributed by atoms with van der Waals surface area (Å²) in [5, 5.41) is 0. The normalized spacial score (nSPS) is 12.9. The van der Waals surface area contributed by atoms with Crippen LogP contribution < -0.4 is 11.3 Å². The zero-order valence-electron chi connectivity index (χ0n) is 12.5. The summed E-state index contributed by atoms with van der Waals surface area (Å²) in [6.45, 7) is 19.6. The van der Waals surface area contributed by atoms with Crippen molar-refractivity contribution in [2.75, 3.05) is 0 Å². The van der Waals surface area contributed by atoms with Crippen LogP contribution in [0, 0.1) is 0 Å². The molecule has 16 heavy (non-hydrogen) atoms. The van der Waals surface area contributed by atoms with Gasteiger partial charge < -0.3 is 0 Å². The molecule has 0 bridgehead atoms. The van der Waals surface area contributed by atoms with E-state index in [1.54, 1.807) is 0 Å². The van der Waals surface area contributed by atoms with Gasteiger partial charge in [0.05, 0.1) is 0 Å². The SMILES string of the molecule is CC(C)(C)NN.C[C](C)(C)[In]([Cl])[C](C)(C)C. The molecule has 98 valence electrons. The molecule has 0 saturated carbocycles. The number of hydrogen-bond acceptors (Lipinski definition) is 2. The molecule has 0 aromatic rings. The van der Waals surface area contributed by atoms with Crippen molar-refractivity contribution in [1.82, 2.24) is 5.43 Å². The van der Waals surface area contributed by atoms with Crippen molar-refractivity contribution in [3.63, 3.8) is 0 Å². The summed E-state index contributed by atoms with van der Waals surface area (Å²) in [7, 11) is 6.44. The molecule has 0 fully saturated rings. The van der Waals surface area contributed by atoms with Gasteiger partial charge in [-0.1, -0.05) is 0 Å². The van der Waals surface area contributed by atoms with Gasteiger partial charge in [0.15, 0.2) is 0 Å². The summed E-state index contributed by atoms with van der Waals surface area (Å²) in [6, 6.07) is 0. The Morgan fingerprint density at radius 3 is 1.00 bits per heavy atom. The minimum absolute atomic E-state index is 0.0694. The van der Waals surface area contributed by atoms with Crippen LogP contribution in [0.1, 0.15) is 62.3 Å². The van der Waals surface area contributed by atoms with E-state index in [2.05, 4.69) is 47.0 Å². The van der Waals surface area contributed by atoms with Crippen LogP contribution in [0.4, 0.5) is 0 Å². The molecule has 0 aliphatic rings. The maximum atomic E-state index is 6.44. The molecule has 4 heteroatoms. The van der Waals surface area contributed by atoms with E-state index in [0.717, 1.165) is 0 Å². The number of nitrogens with one attached hydrogen (secondary N) is 1. The van der Waals surface area contributed by atoms with Crippen LogP contribution in [0.2, 0.25) is 6.34 Å². The van der Waals surface area contributed by atoms with Crippen LogP contribution in [0.15, 0.2) is 0 Å². The summed E-state index contributed by atoms with van der Waals surface area (Å²) < 4.78 is 0.836. The van der Waals surface area contributed by atoms with Crippen LogP contribution in [-0.2, 0) is 0 Å². The van der Waals surface area contributed by atoms with Gasteiger partial charge in [0.25, 0.3) is 0 Å². The van der Waals surface area contributed by atoms with Crippen molar-refractivity contribution in [2.45, 2.75) is 74.2 Å². The number of hydrazine groups is 1. The molecule has 0 spiro atoms. The minimum atomic E-state index is -1.79. The Balaban J connectivity index is 0. The Bertz CT molecular complexity index is 173. The van der Waals surface area contributed by atoms with E-state index < -0.39 is 20.3 Å². The molecular formula is C12H30ClInN2. The number of rotatable bonds is 0. The number of hydrogen-bond donors (Lipinski definition) is 2. The van der Waals surface area contributed by atoms with E-state index in [1.807, 2.05) is 20.8 Å². The average molecular weight is 353 g/mol. The van der Waals surface area contributed by atoms with Crippen molar-refractivity contribution in [3.05, 3.63) is 0 Å². The summed E-state index contributed by atoms with van der Waals surface area (Å²) in [4.78, 5) is 0. The Hall–Kier alpha value is 1.08. The van der Waals surface area contributed by atoms with Gasteiger partial charge in [0, 0.05) is 5.54 Å². The Morgan fingerprint density at radius 2 is 1.00 bits per heavy atom. The summed E-state index contributed by atoms with van der Waals surface area (Å²) in [5.74, 6) is 5.06. The first-order valence-corrected chi connectivity index (χ1v) is 13.3. The standard InChI is InChI=1S/C4H12N2.2C4H9.ClH.In/c1-4(2,3)6-5;2*1-4(2)3;;/h6H,5H2,1-3H3;2*1-3H3;1H;/q;;;;+1/p-1. The molecule has 0 aliphatic heterocycles. The Morgan fingerprint density at radius 1 is 0.812 bits per heavy atom. The molecule has 0 atom stereocenters. The van der Waals surface area contributed by atoms with E-state index in [9.17, 15) is 0 Å². The second-order valence-electron chi connectivity index (χ2n) is 7.49. The predicted octanol–water partition coefficient (Wildman–Crippen LogP) is 4.07. The first kappa shape index (κ1) is 19.4. The maximum absolute atomic E-state index is 6.44. The fourth-order valence-electron chi connectivity index (χ4n) is 1.30. The van der Waals surface area contributed by atoms with Gasteiger partial charge in [-0.25, -0.2) is 0 Å². The van der Waals surface area contributed by atoms with Gasteiger partial charge in [-0.15, -0.1) is 0 Å². The molecule has 0 aromatic heterocycles. The fourth-order valence-corrected chi connectivity index (χ4v) is 8.71. The van der Waals surface area contributed by atoms with E-state index >= 15 is 0 Å². The molecular weight excluding hydrogens is 322 g/mol. The van der Waals surface area contributed by atoms with Gasteiger partial charge in [-0.2, -0.15) is 0 Å². The molecule has 0 rings (SSSR count). The van der Waals surface area contributed by atoms with Crippen LogP contribution in [0.5, 0.6) is 0 Å². The molecule has 0 radical (unpaired) electrons. The predicted molar refractivity (Wildman–Crippen MR) is 78.1 cm³/mol. The van der Waals surface area contributed by atoms with E-state index in [-0.39, 0.29) is 5.54 Å². The molecule has 0 aromatic carbocycles. The van der Waals surface area contributed by atoms with Gasteiger partial charge in [-0.05, 0) is 20.8 Å². The van der Waals surface area contributed by atoms with Crippen molar-refractivity contribution < 1.29 is 0 Å². The molecule has 0 saturated heterocycles. The van der Waals surface area contributed by atoms with Gasteiger partial charge in [-0.3, -0.25) is 11.3 Å². The molecule has 3 N–H and O–H groups in total. The summed E-state index contributed by atoms with van der Waals surface area (Å²) in [5.41, 5.74) is 2.67. The molecule has 0 unspecified atom stereocenters. The zero-order valence-corrected chi connectivity index (χ0v) is 16.6. The zero-order chi connectivity index (χ0) is 13.8. The average Bonchev–Trinajstić information content (AvgIpc) is 1.99. The van der Waals surface area contributed by atoms with Crippen LogP contribution >= 0.6 is 8.58 Å². The van der Waals surface area contributed by atoms with E-state index in [1.165, 1.54) is 0 Å². The van der Waals surface area contributed by atoms with E-state index in [4.69, 9.17) is 14.4 Å². The number of halogens is 1. The molecule has 0 heterocycles. The van der Waals surface area contributed by atoms with Gasteiger partial charge >= 0.3 is 76.7 Å². The second-order valence-corrected chi connectivity index (χ2v) is 22.4. The topological polar surface area (TPSA) is 38.0 Å². The quantitative estimate of drug-likeness (QED) is 0.509. The van der Waals surface area contributed by atoms with Gasteiger partial charge in [0.2, 0.25) is 0 Å². The summed E-state index contributed by atoms with van der Waals surface area (Å²) in [6.07, 6.45) is 0. The monoisotopic (exact) mass is 352 g/mol. The van der Waals surface area contributed by atoms with Crippen molar-refractivity contribution >= 4 is 28.8 Å². The molecule has 0 aliphatic carbocycles. The fraction of sp³-hybridized carbons (Fsp3) is 1.00. The third kappa shape index (κ3) is 11.6. The molecule has 0 amide bonds. The Kier molecular flexibility index (Phi) is 8.33. The van der Waals surface area contributed by atoms with Crippen molar-refractivity contribution in [2.24, 2.45) is 5.84 Å². The molecule has 2 nitrogen and oxygen atoms in total. The van der Waals surface area contributed by atoms with Crippen molar-refractivity contribution in [1.29, 1.82) is 0 Å². The van der Waals surface area contributed by atoms with Crippen molar-refractivity contribution in [3.8, 4) is 0 Å². The van der Waals surface area contributed by atoms with Crippen LogP contribution in [0.25, 0.3) is 0 Å². The Labute approximate surface area is 114 Å². The number of nitrogens with two attached hydrogens (primary N) is 1. The first-order valence-electron chi connectivity index (χ1n) is 5.83.